The van der Waals surface area contributed by atoms with Gasteiger partial charge in [-0.05, 0) is 31.7 Å². The van der Waals surface area contributed by atoms with Gasteiger partial charge in [0.2, 0.25) is 10.0 Å². The van der Waals surface area contributed by atoms with Crippen molar-refractivity contribution in [2.24, 2.45) is 11.7 Å². The highest BCUT2D eigenvalue weighted by Crippen LogP contribution is 2.21. The maximum absolute atomic E-state index is 11.2. The summed E-state index contributed by atoms with van der Waals surface area (Å²) in [6, 6.07) is 0. The summed E-state index contributed by atoms with van der Waals surface area (Å²) in [6.07, 6.45) is 4.22. The van der Waals surface area contributed by atoms with Crippen molar-refractivity contribution >= 4 is 10.0 Å². The molecule has 0 aromatic heterocycles. The third kappa shape index (κ3) is 3.25. The average Bonchev–Trinajstić information content (AvgIpc) is 2.04. The third-order valence-corrected chi connectivity index (χ3v) is 3.92. The lowest BCUT2D eigenvalue weighted by atomic mass is 9.95. The van der Waals surface area contributed by atoms with E-state index in [9.17, 15) is 8.42 Å². The van der Waals surface area contributed by atoms with Crippen LogP contribution in [0.25, 0.3) is 0 Å². The van der Waals surface area contributed by atoms with Gasteiger partial charge in [-0.1, -0.05) is 0 Å². The van der Waals surface area contributed by atoms with Crippen LogP contribution >= 0.6 is 0 Å². The molecule has 1 aliphatic rings. The van der Waals surface area contributed by atoms with E-state index in [1.807, 2.05) is 0 Å². The smallest absolute Gasteiger partial charge is 0.211 e. The molecule has 1 fully saturated rings. The first-order chi connectivity index (χ1) is 6.04. The van der Waals surface area contributed by atoms with Gasteiger partial charge in [0.1, 0.15) is 0 Å². The number of rotatable bonds is 3. The maximum atomic E-state index is 11.2. The predicted molar refractivity (Wildman–Crippen MR) is 52.8 cm³/mol. The zero-order valence-corrected chi connectivity index (χ0v) is 8.89. The Hall–Kier alpha value is -0.130. The van der Waals surface area contributed by atoms with Crippen LogP contribution in [0.2, 0.25) is 0 Å². The molecular weight excluding hydrogens is 188 g/mol. The molecule has 78 valence electrons. The lowest BCUT2D eigenvalue weighted by Gasteiger charge is -2.29. The van der Waals surface area contributed by atoms with Crippen molar-refractivity contribution in [1.29, 1.82) is 0 Å². The molecule has 0 unspecified atom stereocenters. The summed E-state index contributed by atoms with van der Waals surface area (Å²) in [5.74, 6) is 0.628. The topological polar surface area (TPSA) is 63.4 Å². The molecule has 0 spiro atoms. The minimum Gasteiger partial charge on any atom is -0.330 e. The molecule has 0 aromatic carbocycles. The number of nitrogens with zero attached hydrogens (tertiary/aromatic N) is 1. The minimum atomic E-state index is -2.96. The number of hydrogen-bond acceptors (Lipinski definition) is 3. The molecular formula is C8H18N2O2S. The molecule has 0 aliphatic carbocycles. The van der Waals surface area contributed by atoms with Gasteiger partial charge in [0, 0.05) is 13.1 Å². The second kappa shape index (κ2) is 4.39. The Kier molecular flexibility index (Phi) is 3.70. The van der Waals surface area contributed by atoms with Gasteiger partial charge in [0.05, 0.1) is 6.26 Å². The lowest BCUT2D eigenvalue weighted by Crippen LogP contribution is -2.38. The van der Waals surface area contributed by atoms with Gasteiger partial charge < -0.3 is 5.73 Å². The van der Waals surface area contributed by atoms with Crippen molar-refractivity contribution in [2.75, 3.05) is 25.9 Å². The van der Waals surface area contributed by atoms with Crippen LogP contribution in [0.5, 0.6) is 0 Å². The van der Waals surface area contributed by atoms with E-state index in [0.29, 0.717) is 25.6 Å². The summed E-state index contributed by atoms with van der Waals surface area (Å²) >= 11 is 0. The molecule has 0 atom stereocenters. The van der Waals surface area contributed by atoms with Crippen molar-refractivity contribution in [1.82, 2.24) is 4.31 Å². The van der Waals surface area contributed by atoms with Crippen LogP contribution in [0, 0.1) is 5.92 Å². The molecule has 0 amide bonds. The SMILES string of the molecule is CS(=O)(=O)N1CCC(CCN)CC1. The van der Waals surface area contributed by atoms with Crippen molar-refractivity contribution < 1.29 is 8.42 Å². The number of nitrogens with two attached hydrogens (primary N) is 1. The highest BCUT2D eigenvalue weighted by atomic mass is 32.2. The fourth-order valence-corrected chi connectivity index (χ4v) is 2.64. The van der Waals surface area contributed by atoms with Crippen molar-refractivity contribution in [2.45, 2.75) is 19.3 Å². The van der Waals surface area contributed by atoms with E-state index in [1.165, 1.54) is 6.26 Å². The predicted octanol–water partition coefficient (Wildman–Crippen LogP) is 0.00680. The van der Waals surface area contributed by atoms with Crippen LogP contribution < -0.4 is 5.73 Å². The summed E-state index contributed by atoms with van der Waals surface area (Å²) in [4.78, 5) is 0. The number of hydrogen-bond donors (Lipinski definition) is 1. The number of sulfonamides is 1. The Morgan fingerprint density at radius 3 is 2.31 bits per heavy atom. The van der Waals surface area contributed by atoms with Crippen LogP contribution in [-0.2, 0) is 10.0 Å². The average molecular weight is 206 g/mol. The normalized spacial score (nSPS) is 22.0. The Labute approximate surface area is 80.1 Å². The molecule has 0 aromatic rings. The molecule has 0 radical (unpaired) electrons. The summed E-state index contributed by atoms with van der Waals surface area (Å²) in [6.45, 7) is 2.05. The second-order valence-electron chi connectivity index (χ2n) is 3.68. The Morgan fingerprint density at radius 2 is 1.92 bits per heavy atom. The summed E-state index contributed by atoms with van der Waals surface area (Å²) in [7, 11) is -2.96. The first kappa shape index (κ1) is 10.9. The van der Waals surface area contributed by atoms with E-state index in [-0.39, 0.29) is 0 Å². The highest BCUT2D eigenvalue weighted by molar-refractivity contribution is 7.88. The molecule has 1 heterocycles. The van der Waals surface area contributed by atoms with E-state index >= 15 is 0 Å². The zero-order valence-electron chi connectivity index (χ0n) is 8.07. The zero-order chi connectivity index (χ0) is 9.90. The molecule has 1 rings (SSSR count). The van der Waals surface area contributed by atoms with Gasteiger partial charge >= 0.3 is 0 Å². The van der Waals surface area contributed by atoms with Crippen LogP contribution in [0.15, 0.2) is 0 Å². The van der Waals surface area contributed by atoms with Crippen LogP contribution in [-0.4, -0.2) is 38.6 Å². The van der Waals surface area contributed by atoms with Crippen molar-refractivity contribution in [3.8, 4) is 0 Å². The monoisotopic (exact) mass is 206 g/mol. The summed E-state index contributed by atoms with van der Waals surface area (Å²) < 4.78 is 23.9. The van der Waals surface area contributed by atoms with Gasteiger partial charge in [-0.25, -0.2) is 12.7 Å². The third-order valence-electron chi connectivity index (χ3n) is 2.62. The number of piperidine rings is 1. The molecule has 4 nitrogen and oxygen atoms in total. The first-order valence-corrected chi connectivity index (χ1v) is 6.54. The summed E-state index contributed by atoms with van der Waals surface area (Å²) in [5.41, 5.74) is 5.45. The molecule has 1 aliphatic heterocycles. The standard InChI is InChI=1S/C8H18N2O2S/c1-13(11,12)10-6-3-8(2-5-9)4-7-10/h8H,2-7,9H2,1H3. The van der Waals surface area contributed by atoms with Crippen molar-refractivity contribution in [3.63, 3.8) is 0 Å². The first-order valence-electron chi connectivity index (χ1n) is 4.69. The molecule has 13 heavy (non-hydrogen) atoms. The molecule has 2 N–H and O–H groups in total. The van der Waals surface area contributed by atoms with Gasteiger partial charge in [0.15, 0.2) is 0 Å². The van der Waals surface area contributed by atoms with Crippen molar-refractivity contribution in [3.05, 3.63) is 0 Å². The van der Waals surface area contributed by atoms with E-state index < -0.39 is 10.0 Å². The molecule has 0 saturated carbocycles. The Morgan fingerprint density at radius 1 is 1.38 bits per heavy atom. The minimum absolute atomic E-state index is 0.628. The van der Waals surface area contributed by atoms with Crippen LogP contribution in [0.3, 0.4) is 0 Å². The Bertz CT molecular complexity index is 243. The van der Waals surface area contributed by atoms with Gasteiger partial charge in [0.25, 0.3) is 0 Å². The van der Waals surface area contributed by atoms with Gasteiger partial charge in [-0.3, -0.25) is 0 Å². The maximum Gasteiger partial charge on any atom is 0.211 e. The van der Waals surface area contributed by atoms with Crippen LogP contribution in [0.1, 0.15) is 19.3 Å². The van der Waals surface area contributed by atoms with E-state index in [1.54, 1.807) is 4.31 Å². The fraction of sp³-hybridized carbons (Fsp3) is 1.00. The highest BCUT2D eigenvalue weighted by Gasteiger charge is 2.23. The van der Waals surface area contributed by atoms with E-state index in [2.05, 4.69) is 0 Å². The van der Waals surface area contributed by atoms with Crippen LogP contribution in [0.4, 0.5) is 0 Å². The molecule has 0 bridgehead atoms. The van der Waals surface area contributed by atoms with Gasteiger partial charge in [-0.2, -0.15) is 0 Å². The van der Waals surface area contributed by atoms with Gasteiger partial charge in [-0.15, -0.1) is 0 Å². The largest absolute Gasteiger partial charge is 0.330 e. The molecule has 1 saturated heterocycles. The van der Waals surface area contributed by atoms with E-state index in [4.69, 9.17) is 5.73 Å². The second-order valence-corrected chi connectivity index (χ2v) is 5.67. The lowest BCUT2D eigenvalue weighted by molar-refractivity contribution is 0.267. The Balaban J connectivity index is 2.39. The van der Waals surface area contributed by atoms with E-state index in [0.717, 1.165) is 19.3 Å². The molecule has 5 heteroatoms. The fourth-order valence-electron chi connectivity index (χ4n) is 1.77. The summed E-state index contributed by atoms with van der Waals surface area (Å²) in [5, 5.41) is 0. The quantitative estimate of drug-likeness (QED) is 0.707.